The molecule has 0 saturated heterocycles. The van der Waals surface area contributed by atoms with Crippen molar-refractivity contribution in [2.45, 2.75) is 61.2 Å². The van der Waals surface area contributed by atoms with Crippen molar-refractivity contribution in [1.29, 1.82) is 0 Å². The third-order valence-corrected chi connectivity index (χ3v) is 5.75. The van der Waals surface area contributed by atoms with E-state index in [4.69, 9.17) is 4.74 Å². The second kappa shape index (κ2) is 6.32. The first kappa shape index (κ1) is 17.9. The second-order valence-corrected chi connectivity index (χ2v) is 11.0. The molecule has 0 aromatic rings. The van der Waals surface area contributed by atoms with Gasteiger partial charge in [-0.15, -0.1) is 23.5 Å². The number of hydrogen-bond donors (Lipinski definition) is 1. The van der Waals surface area contributed by atoms with Gasteiger partial charge in [0.15, 0.2) is 4.75 Å². The Balaban J connectivity index is 3.18. The summed E-state index contributed by atoms with van der Waals surface area (Å²) in [6, 6.07) is 0. The zero-order valence-corrected chi connectivity index (χ0v) is 15.2. The standard InChI is InChI=1S/C15H27NO2S2/c1-13(2,3)19-11-15(12(17)18-7,9-8-10-16-11)20-14(4,5)6/h8-9,11,16H,10H2,1-7H3. The highest BCUT2D eigenvalue weighted by Gasteiger charge is 2.50. The Morgan fingerprint density at radius 1 is 1.25 bits per heavy atom. The van der Waals surface area contributed by atoms with Crippen LogP contribution in [-0.2, 0) is 9.53 Å². The summed E-state index contributed by atoms with van der Waals surface area (Å²) >= 11 is 3.45. The molecule has 1 rings (SSSR count). The Bertz CT molecular complexity index is 382. The van der Waals surface area contributed by atoms with E-state index in [0.717, 1.165) is 6.54 Å². The minimum absolute atomic E-state index is 0.00387. The van der Waals surface area contributed by atoms with Crippen molar-refractivity contribution in [3.05, 3.63) is 12.2 Å². The number of rotatable bonds is 3. The number of methoxy groups -OCH3 is 1. The van der Waals surface area contributed by atoms with E-state index in [-0.39, 0.29) is 20.8 Å². The molecule has 0 aromatic carbocycles. The molecule has 1 aliphatic heterocycles. The van der Waals surface area contributed by atoms with E-state index in [1.165, 1.54) is 7.11 Å². The number of carbonyl (C=O) groups excluding carboxylic acids is 1. The van der Waals surface area contributed by atoms with Crippen LogP contribution >= 0.6 is 23.5 Å². The van der Waals surface area contributed by atoms with E-state index in [1.54, 1.807) is 23.5 Å². The minimum atomic E-state index is -0.677. The molecular weight excluding hydrogens is 290 g/mol. The van der Waals surface area contributed by atoms with Crippen LogP contribution < -0.4 is 5.32 Å². The Morgan fingerprint density at radius 2 is 1.85 bits per heavy atom. The van der Waals surface area contributed by atoms with Gasteiger partial charge in [0, 0.05) is 16.0 Å². The van der Waals surface area contributed by atoms with Crippen LogP contribution in [-0.4, -0.2) is 39.2 Å². The maximum atomic E-state index is 12.5. The van der Waals surface area contributed by atoms with Gasteiger partial charge in [0.05, 0.1) is 12.5 Å². The first-order valence-electron chi connectivity index (χ1n) is 6.88. The predicted octanol–water partition coefficient (Wildman–Crippen LogP) is 3.45. The number of thioether (sulfide) groups is 2. The molecule has 0 aliphatic carbocycles. The molecule has 1 aliphatic rings. The lowest BCUT2D eigenvalue weighted by Crippen LogP contribution is -2.56. The Kier molecular flexibility index (Phi) is 5.67. The molecule has 0 aromatic heterocycles. The molecule has 2 unspecified atom stereocenters. The molecule has 0 fully saturated rings. The fraction of sp³-hybridized carbons (Fsp3) is 0.800. The highest BCUT2D eigenvalue weighted by atomic mass is 32.2. The van der Waals surface area contributed by atoms with Gasteiger partial charge in [0.25, 0.3) is 0 Å². The van der Waals surface area contributed by atoms with Crippen molar-refractivity contribution in [1.82, 2.24) is 5.32 Å². The number of carbonyl (C=O) groups is 1. The van der Waals surface area contributed by atoms with Gasteiger partial charge in [0.1, 0.15) is 0 Å². The molecule has 0 amide bonds. The molecule has 0 spiro atoms. The summed E-state index contributed by atoms with van der Waals surface area (Å²) in [4.78, 5) is 12.5. The van der Waals surface area contributed by atoms with Gasteiger partial charge < -0.3 is 4.74 Å². The summed E-state index contributed by atoms with van der Waals surface area (Å²) in [6.45, 7) is 13.7. The lowest BCUT2D eigenvalue weighted by atomic mass is 10.1. The highest BCUT2D eigenvalue weighted by Crippen LogP contribution is 2.47. The predicted molar refractivity (Wildman–Crippen MR) is 90.4 cm³/mol. The molecule has 2 atom stereocenters. The fourth-order valence-corrected chi connectivity index (χ4v) is 5.16. The van der Waals surface area contributed by atoms with Crippen molar-refractivity contribution < 1.29 is 9.53 Å². The molecule has 0 bridgehead atoms. The SMILES string of the molecule is COC(=O)C1(SC(C)(C)C)C=CCNC1SC(C)(C)C. The second-order valence-electron chi connectivity index (χ2n) is 6.92. The van der Waals surface area contributed by atoms with E-state index in [9.17, 15) is 4.79 Å². The van der Waals surface area contributed by atoms with Crippen LogP contribution in [0.4, 0.5) is 0 Å². The zero-order valence-electron chi connectivity index (χ0n) is 13.6. The summed E-state index contributed by atoms with van der Waals surface area (Å²) in [7, 11) is 1.47. The van der Waals surface area contributed by atoms with Gasteiger partial charge in [0.2, 0.25) is 0 Å². The average molecular weight is 318 g/mol. The molecule has 0 saturated carbocycles. The number of esters is 1. The Morgan fingerprint density at radius 3 is 2.30 bits per heavy atom. The van der Waals surface area contributed by atoms with Crippen molar-refractivity contribution in [2.75, 3.05) is 13.7 Å². The number of ether oxygens (including phenoxy) is 1. The van der Waals surface area contributed by atoms with Crippen LogP contribution in [0.3, 0.4) is 0 Å². The summed E-state index contributed by atoms with van der Waals surface area (Å²) in [5.74, 6) is -0.178. The third kappa shape index (κ3) is 4.71. The fourth-order valence-electron chi connectivity index (χ4n) is 2.10. The molecule has 0 radical (unpaired) electrons. The van der Waals surface area contributed by atoms with Crippen molar-refractivity contribution in [3.63, 3.8) is 0 Å². The largest absolute Gasteiger partial charge is 0.468 e. The smallest absolute Gasteiger partial charge is 0.328 e. The molecular formula is C15H27NO2S2. The molecule has 1 heterocycles. The Hall–Kier alpha value is -0.130. The zero-order chi connectivity index (χ0) is 15.6. The lowest BCUT2D eigenvalue weighted by Gasteiger charge is -2.43. The van der Waals surface area contributed by atoms with Crippen LogP contribution in [0.15, 0.2) is 12.2 Å². The van der Waals surface area contributed by atoms with Crippen LogP contribution in [0.1, 0.15) is 41.5 Å². The maximum absolute atomic E-state index is 12.5. The van der Waals surface area contributed by atoms with Crippen LogP contribution in [0.2, 0.25) is 0 Å². The summed E-state index contributed by atoms with van der Waals surface area (Å²) in [6.07, 6.45) is 4.05. The van der Waals surface area contributed by atoms with Gasteiger partial charge >= 0.3 is 5.97 Å². The first-order chi connectivity index (χ1) is 9.00. The van der Waals surface area contributed by atoms with Gasteiger partial charge in [-0.2, -0.15) is 0 Å². The van der Waals surface area contributed by atoms with E-state index < -0.39 is 4.75 Å². The third-order valence-electron chi connectivity index (χ3n) is 2.63. The quantitative estimate of drug-likeness (QED) is 0.637. The first-order valence-corrected chi connectivity index (χ1v) is 8.57. The summed E-state index contributed by atoms with van der Waals surface area (Å²) in [5.41, 5.74) is 0. The van der Waals surface area contributed by atoms with Gasteiger partial charge in [-0.1, -0.05) is 53.7 Å². The van der Waals surface area contributed by atoms with Crippen LogP contribution in [0.5, 0.6) is 0 Å². The Labute approximate surface area is 131 Å². The number of hydrogen-bond acceptors (Lipinski definition) is 5. The van der Waals surface area contributed by atoms with Crippen LogP contribution in [0.25, 0.3) is 0 Å². The molecule has 5 heteroatoms. The highest BCUT2D eigenvalue weighted by molar-refractivity contribution is 8.06. The van der Waals surface area contributed by atoms with E-state index in [0.29, 0.717) is 0 Å². The van der Waals surface area contributed by atoms with Gasteiger partial charge in [-0.3, -0.25) is 10.1 Å². The molecule has 1 N–H and O–H groups in total. The topological polar surface area (TPSA) is 38.3 Å². The van der Waals surface area contributed by atoms with E-state index in [2.05, 4.69) is 46.9 Å². The van der Waals surface area contributed by atoms with Crippen molar-refractivity contribution >= 4 is 29.5 Å². The average Bonchev–Trinajstić information content (AvgIpc) is 2.27. The molecule has 116 valence electrons. The van der Waals surface area contributed by atoms with E-state index >= 15 is 0 Å². The van der Waals surface area contributed by atoms with Crippen molar-refractivity contribution in [3.8, 4) is 0 Å². The van der Waals surface area contributed by atoms with Gasteiger partial charge in [-0.05, 0) is 0 Å². The normalized spacial score (nSPS) is 27.4. The monoisotopic (exact) mass is 317 g/mol. The minimum Gasteiger partial charge on any atom is -0.468 e. The van der Waals surface area contributed by atoms with Gasteiger partial charge in [-0.25, -0.2) is 0 Å². The molecule has 20 heavy (non-hydrogen) atoms. The maximum Gasteiger partial charge on any atom is 0.328 e. The lowest BCUT2D eigenvalue weighted by molar-refractivity contribution is -0.142. The van der Waals surface area contributed by atoms with Crippen LogP contribution in [0, 0.1) is 0 Å². The van der Waals surface area contributed by atoms with E-state index in [1.807, 2.05) is 12.2 Å². The summed E-state index contributed by atoms with van der Waals surface area (Å²) < 4.78 is 4.48. The summed E-state index contributed by atoms with van der Waals surface area (Å²) in [5, 5.41) is 3.46. The number of nitrogens with one attached hydrogen (secondary N) is 1. The van der Waals surface area contributed by atoms with Crippen molar-refractivity contribution in [2.24, 2.45) is 0 Å². The molecule has 3 nitrogen and oxygen atoms in total.